The van der Waals surface area contributed by atoms with E-state index in [0.717, 1.165) is 37.8 Å². The lowest BCUT2D eigenvalue weighted by atomic mass is 9.96. The zero-order valence-electron chi connectivity index (χ0n) is 11.2. The van der Waals surface area contributed by atoms with Crippen LogP contribution in [0.5, 0.6) is 0 Å². The molecule has 5 nitrogen and oxygen atoms in total. The first kappa shape index (κ1) is 13.5. The third-order valence-corrected chi connectivity index (χ3v) is 3.07. The summed E-state index contributed by atoms with van der Waals surface area (Å²) >= 11 is 0. The van der Waals surface area contributed by atoms with E-state index in [1.165, 1.54) is 6.07 Å². The highest BCUT2D eigenvalue weighted by Crippen LogP contribution is 2.15. The topological polar surface area (TPSA) is 70.1 Å². The molecule has 0 aliphatic heterocycles. The number of aromatic amines is 1. The summed E-state index contributed by atoms with van der Waals surface area (Å²) in [6.45, 7) is 2.06. The second-order valence-electron chi connectivity index (χ2n) is 4.77. The molecule has 102 valence electrons. The van der Waals surface area contributed by atoms with Crippen LogP contribution < -0.4 is 11.0 Å². The van der Waals surface area contributed by atoms with Gasteiger partial charge in [-0.1, -0.05) is 25.5 Å². The number of aryl methyl sites for hydroxylation is 1. The summed E-state index contributed by atoms with van der Waals surface area (Å²) < 4.78 is 0. The van der Waals surface area contributed by atoms with Gasteiger partial charge < -0.3 is 0 Å². The first-order chi connectivity index (χ1) is 9.28. The molecule has 1 aromatic heterocycles. The molecule has 0 aromatic carbocycles. The van der Waals surface area contributed by atoms with Crippen molar-refractivity contribution in [2.24, 2.45) is 11.0 Å². The van der Waals surface area contributed by atoms with Gasteiger partial charge in [-0.3, -0.25) is 9.78 Å². The predicted octanol–water partition coefficient (Wildman–Crippen LogP) is 2.48. The molecular weight excluding hydrogens is 240 g/mol. The third kappa shape index (κ3) is 4.35. The van der Waals surface area contributed by atoms with E-state index in [-0.39, 0.29) is 5.56 Å². The van der Waals surface area contributed by atoms with Gasteiger partial charge in [-0.05, 0) is 31.6 Å². The van der Waals surface area contributed by atoms with E-state index in [2.05, 4.69) is 39.6 Å². The standard InChI is InChI=1S/C14H20N4O/c1-2-6-12-9-13(19)17-14(16-12)18-15-10-11-7-4-3-5-8-11/h3-4,9-11H,2,5-8H2,1H3,(H2,16,17,18,19)/b15-10+. The fraction of sp³-hybridized carbons (Fsp3) is 0.500. The lowest BCUT2D eigenvalue weighted by molar-refractivity contribution is 0.627. The Morgan fingerprint density at radius 1 is 1.58 bits per heavy atom. The fourth-order valence-electron chi connectivity index (χ4n) is 2.10. The van der Waals surface area contributed by atoms with E-state index in [1.54, 1.807) is 0 Å². The molecule has 0 bridgehead atoms. The van der Waals surface area contributed by atoms with Crippen molar-refractivity contribution >= 4 is 12.2 Å². The van der Waals surface area contributed by atoms with Crippen LogP contribution >= 0.6 is 0 Å². The van der Waals surface area contributed by atoms with Crippen LogP contribution in [0.25, 0.3) is 0 Å². The van der Waals surface area contributed by atoms with E-state index < -0.39 is 0 Å². The molecule has 1 unspecified atom stereocenters. The van der Waals surface area contributed by atoms with Crippen LogP contribution in [0.4, 0.5) is 5.95 Å². The maximum atomic E-state index is 11.5. The van der Waals surface area contributed by atoms with Crippen molar-refractivity contribution in [3.63, 3.8) is 0 Å². The van der Waals surface area contributed by atoms with Crippen LogP contribution in [0.1, 0.15) is 38.3 Å². The number of hydrogen-bond donors (Lipinski definition) is 2. The van der Waals surface area contributed by atoms with E-state index in [1.807, 2.05) is 6.21 Å². The highest BCUT2D eigenvalue weighted by Gasteiger charge is 2.06. The van der Waals surface area contributed by atoms with Crippen LogP contribution in [0.2, 0.25) is 0 Å². The summed E-state index contributed by atoms with van der Waals surface area (Å²) in [5.41, 5.74) is 3.46. The summed E-state index contributed by atoms with van der Waals surface area (Å²) in [5, 5.41) is 4.17. The molecule has 0 saturated heterocycles. The average Bonchev–Trinajstić information content (AvgIpc) is 2.40. The van der Waals surface area contributed by atoms with Crippen molar-refractivity contribution < 1.29 is 0 Å². The molecule has 1 atom stereocenters. The van der Waals surface area contributed by atoms with Crippen molar-refractivity contribution in [3.05, 3.63) is 34.3 Å². The SMILES string of the molecule is CCCc1cc(=O)[nH]c(N/N=C/C2CC=CCC2)n1. The number of rotatable bonds is 5. The van der Waals surface area contributed by atoms with Crippen LogP contribution in [0, 0.1) is 5.92 Å². The minimum Gasteiger partial charge on any atom is -0.291 e. The van der Waals surface area contributed by atoms with Crippen molar-refractivity contribution in [2.75, 3.05) is 5.43 Å². The van der Waals surface area contributed by atoms with Gasteiger partial charge in [0.05, 0.1) is 0 Å². The number of H-pyrrole nitrogens is 1. The third-order valence-electron chi connectivity index (χ3n) is 3.07. The average molecular weight is 260 g/mol. The van der Waals surface area contributed by atoms with E-state index in [4.69, 9.17) is 0 Å². The van der Waals surface area contributed by atoms with Crippen LogP contribution in [-0.2, 0) is 6.42 Å². The summed E-state index contributed by atoms with van der Waals surface area (Å²) in [6, 6.07) is 1.53. The van der Waals surface area contributed by atoms with Gasteiger partial charge in [0.2, 0.25) is 5.95 Å². The van der Waals surface area contributed by atoms with Gasteiger partial charge in [0, 0.05) is 18.0 Å². The Bertz CT molecular complexity index is 518. The van der Waals surface area contributed by atoms with Crippen molar-refractivity contribution in [1.29, 1.82) is 0 Å². The maximum absolute atomic E-state index is 11.5. The Balaban J connectivity index is 1.96. The zero-order chi connectivity index (χ0) is 13.5. The monoisotopic (exact) mass is 260 g/mol. The van der Waals surface area contributed by atoms with Crippen molar-refractivity contribution in [2.45, 2.75) is 39.0 Å². The number of aromatic nitrogens is 2. The largest absolute Gasteiger partial charge is 0.291 e. The molecule has 1 aliphatic carbocycles. The number of allylic oxidation sites excluding steroid dienone is 2. The van der Waals surface area contributed by atoms with Gasteiger partial charge in [0.1, 0.15) is 0 Å². The Kier molecular flexibility index (Phi) is 4.89. The van der Waals surface area contributed by atoms with Crippen LogP contribution in [0.15, 0.2) is 28.1 Å². The van der Waals surface area contributed by atoms with Gasteiger partial charge in [0.15, 0.2) is 0 Å². The van der Waals surface area contributed by atoms with Gasteiger partial charge in [-0.2, -0.15) is 5.10 Å². The summed E-state index contributed by atoms with van der Waals surface area (Å²) in [4.78, 5) is 18.4. The Labute approximate surface area is 112 Å². The van der Waals surface area contributed by atoms with Crippen LogP contribution in [0.3, 0.4) is 0 Å². The first-order valence-electron chi connectivity index (χ1n) is 6.82. The van der Waals surface area contributed by atoms with E-state index in [0.29, 0.717) is 11.9 Å². The lowest BCUT2D eigenvalue weighted by Crippen LogP contribution is -2.12. The molecule has 1 aliphatic rings. The Morgan fingerprint density at radius 2 is 2.47 bits per heavy atom. The molecule has 1 heterocycles. The minimum atomic E-state index is -0.142. The maximum Gasteiger partial charge on any atom is 0.252 e. The first-order valence-corrected chi connectivity index (χ1v) is 6.82. The minimum absolute atomic E-state index is 0.142. The molecule has 0 spiro atoms. The summed E-state index contributed by atoms with van der Waals surface area (Å²) in [5.74, 6) is 0.890. The van der Waals surface area contributed by atoms with Crippen LogP contribution in [-0.4, -0.2) is 16.2 Å². The molecule has 0 radical (unpaired) electrons. The van der Waals surface area contributed by atoms with Gasteiger partial charge >= 0.3 is 0 Å². The summed E-state index contributed by atoms with van der Waals surface area (Å²) in [7, 11) is 0. The smallest absolute Gasteiger partial charge is 0.252 e. The molecular formula is C14H20N4O. The zero-order valence-corrected chi connectivity index (χ0v) is 11.2. The number of hydrazone groups is 1. The molecule has 0 fully saturated rings. The molecule has 0 amide bonds. The number of nitrogens with one attached hydrogen (secondary N) is 2. The molecule has 2 N–H and O–H groups in total. The molecule has 5 heteroatoms. The molecule has 19 heavy (non-hydrogen) atoms. The quantitative estimate of drug-likeness (QED) is 0.485. The second kappa shape index (κ2) is 6.87. The number of hydrogen-bond acceptors (Lipinski definition) is 4. The number of anilines is 1. The lowest BCUT2D eigenvalue weighted by Gasteiger charge is -2.11. The number of nitrogens with zero attached hydrogens (tertiary/aromatic N) is 2. The van der Waals surface area contributed by atoms with E-state index >= 15 is 0 Å². The normalized spacial score (nSPS) is 18.9. The summed E-state index contributed by atoms with van der Waals surface area (Å²) in [6.07, 6.45) is 11.3. The second-order valence-corrected chi connectivity index (χ2v) is 4.77. The predicted molar refractivity (Wildman–Crippen MR) is 77.4 cm³/mol. The van der Waals surface area contributed by atoms with Gasteiger partial charge in [-0.25, -0.2) is 10.4 Å². The Morgan fingerprint density at radius 3 is 3.21 bits per heavy atom. The van der Waals surface area contributed by atoms with Gasteiger partial charge in [-0.15, -0.1) is 0 Å². The van der Waals surface area contributed by atoms with Crippen molar-refractivity contribution in [1.82, 2.24) is 9.97 Å². The van der Waals surface area contributed by atoms with E-state index in [9.17, 15) is 4.79 Å². The fourth-order valence-corrected chi connectivity index (χ4v) is 2.10. The highest BCUT2D eigenvalue weighted by molar-refractivity contribution is 5.62. The van der Waals surface area contributed by atoms with Gasteiger partial charge in [0.25, 0.3) is 5.56 Å². The van der Waals surface area contributed by atoms with Crippen molar-refractivity contribution in [3.8, 4) is 0 Å². The molecule has 1 aromatic rings. The molecule has 0 saturated carbocycles. The molecule has 2 rings (SSSR count). The Hall–Kier alpha value is -1.91. The highest BCUT2D eigenvalue weighted by atomic mass is 16.1.